The van der Waals surface area contributed by atoms with Crippen LogP contribution in [-0.2, 0) is 16.3 Å². The molecule has 0 fully saturated rings. The molecule has 118 valence electrons. The molecule has 1 aromatic heterocycles. The topological polar surface area (TPSA) is 61.2 Å². The Bertz CT molecular complexity index is 798. The van der Waals surface area contributed by atoms with Crippen molar-refractivity contribution in [3.8, 4) is 0 Å². The van der Waals surface area contributed by atoms with E-state index in [4.69, 9.17) is 4.74 Å². The van der Waals surface area contributed by atoms with Crippen LogP contribution < -0.4 is 5.56 Å². The van der Waals surface area contributed by atoms with Crippen LogP contribution in [0.25, 0.3) is 10.9 Å². The van der Waals surface area contributed by atoms with E-state index in [0.29, 0.717) is 16.7 Å². The minimum atomic E-state index is -0.602. The molecular weight excluding hydrogens is 280 g/mol. The van der Waals surface area contributed by atoms with Crippen molar-refractivity contribution in [2.24, 2.45) is 5.41 Å². The monoisotopic (exact) mass is 302 g/mol. The fourth-order valence-corrected chi connectivity index (χ4v) is 2.08. The summed E-state index contributed by atoms with van der Waals surface area (Å²) in [5.74, 6) is 0.182. The maximum Gasteiger partial charge on any atom is 0.312 e. The Morgan fingerprint density at radius 1 is 1.18 bits per heavy atom. The summed E-state index contributed by atoms with van der Waals surface area (Å²) in [6.07, 6.45) is 0. The Hall–Kier alpha value is -2.17. The summed E-state index contributed by atoms with van der Waals surface area (Å²) in [6.45, 7) is 10.9. The Kier molecular flexibility index (Phi) is 4.09. The molecule has 22 heavy (non-hydrogen) atoms. The van der Waals surface area contributed by atoms with E-state index >= 15 is 0 Å². The van der Waals surface area contributed by atoms with Gasteiger partial charge >= 0.3 is 5.97 Å². The fourth-order valence-electron chi connectivity index (χ4n) is 2.08. The summed E-state index contributed by atoms with van der Waals surface area (Å²) in [5, 5.41) is 0.542. The third kappa shape index (κ3) is 3.03. The lowest BCUT2D eigenvalue weighted by Gasteiger charge is -2.18. The molecule has 0 N–H and O–H groups in total. The molecule has 0 saturated heterocycles. The van der Waals surface area contributed by atoms with E-state index < -0.39 is 5.41 Å². The molecule has 0 saturated carbocycles. The van der Waals surface area contributed by atoms with Crippen LogP contribution in [0.1, 0.15) is 37.7 Å². The summed E-state index contributed by atoms with van der Waals surface area (Å²) in [6, 6.07) is 3.74. The molecule has 0 aliphatic rings. The number of carbonyl (C=O) groups excluding carboxylic acids is 1. The van der Waals surface area contributed by atoms with Crippen molar-refractivity contribution < 1.29 is 9.53 Å². The highest BCUT2D eigenvalue weighted by Crippen LogP contribution is 2.17. The second-order valence-corrected chi connectivity index (χ2v) is 6.66. The van der Waals surface area contributed by atoms with Gasteiger partial charge in [-0.25, -0.2) is 4.98 Å². The molecule has 0 unspecified atom stereocenters. The van der Waals surface area contributed by atoms with Gasteiger partial charge in [-0.15, -0.1) is 0 Å². The molecule has 2 rings (SSSR count). The minimum absolute atomic E-state index is 0.114. The maximum atomic E-state index is 12.6. The lowest BCUT2D eigenvalue weighted by atomic mass is 9.98. The summed E-state index contributed by atoms with van der Waals surface area (Å²) in [7, 11) is 0. The summed E-state index contributed by atoms with van der Waals surface area (Å²) in [4.78, 5) is 28.9. The Labute approximate surface area is 129 Å². The van der Waals surface area contributed by atoms with Crippen LogP contribution in [0.4, 0.5) is 0 Å². The highest BCUT2D eigenvalue weighted by Gasteiger charge is 2.23. The predicted molar refractivity (Wildman–Crippen MR) is 85.8 cm³/mol. The van der Waals surface area contributed by atoms with Gasteiger partial charge in [0.05, 0.1) is 16.3 Å². The second kappa shape index (κ2) is 5.55. The summed E-state index contributed by atoms with van der Waals surface area (Å²) < 4.78 is 6.63. The van der Waals surface area contributed by atoms with Gasteiger partial charge in [0.15, 0.2) is 6.73 Å². The third-order valence-corrected chi connectivity index (χ3v) is 3.70. The number of aromatic nitrogens is 2. The quantitative estimate of drug-likeness (QED) is 0.800. The first-order valence-electron chi connectivity index (χ1n) is 7.27. The predicted octanol–water partition coefficient (Wildman–Crippen LogP) is 2.87. The smallest absolute Gasteiger partial charge is 0.312 e. The molecule has 0 radical (unpaired) electrons. The first-order chi connectivity index (χ1) is 10.1. The van der Waals surface area contributed by atoms with E-state index in [1.165, 1.54) is 4.57 Å². The average Bonchev–Trinajstić information content (AvgIpc) is 2.40. The van der Waals surface area contributed by atoms with Crippen molar-refractivity contribution in [2.45, 2.75) is 48.3 Å². The van der Waals surface area contributed by atoms with Gasteiger partial charge in [-0.1, -0.05) is 0 Å². The van der Waals surface area contributed by atoms with Gasteiger partial charge in [-0.3, -0.25) is 14.2 Å². The number of benzene rings is 1. The Balaban J connectivity index is 2.45. The summed E-state index contributed by atoms with van der Waals surface area (Å²) >= 11 is 0. The molecule has 0 aliphatic heterocycles. The molecule has 0 atom stereocenters. The highest BCUT2D eigenvalue weighted by molar-refractivity contribution is 5.79. The Morgan fingerprint density at radius 3 is 2.36 bits per heavy atom. The highest BCUT2D eigenvalue weighted by atomic mass is 16.5. The van der Waals surface area contributed by atoms with E-state index in [-0.39, 0.29) is 18.3 Å². The molecule has 5 heteroatoms. The zero-order valence-corrected chi connectivity index (χ0v) is 14.0. The fraction of sp³-hybridized carbons (Fsp3) is 0.471. The molecular formula is C17H22N2O3. The van der Waals surface area contributed by atoms with Gasteiger partial charge < -0.3 is 4.74 Å². The van der Waals surface area contributed by atoms with E-state index in [2.05, 4.69) is 4.98 Å². The zero-order valence-electron chi connectivity index (χ0n) is 14.0. The van der Waals surface area contributed by atoms with Crippen LogP contribution in [0, 0.1) is 26.2 Å². The zero-order chi connectivity index (χ0) is 16.7. The number of rotatable bonds is 2. The van der Waals surface area contributed by atoms with Crippen molar-refractivity contribution in [3.63, 3.8) is 0 Å². The third-order valence-electron chi connectivity index (χ3n) is 3.70. The number of ether oxygens (including phenoxy) is 1. The van der Waals surface area contributed by atoms with Gasteiger partial charge in [0.1, 0.15) is 5.82 Å². The number of hydrogen-bond donors (Lipinski definition) is 0. The minimum Gasteiger partial charge on any atom is -0.443 e. The van der Waals surface area contributed by atoms with E-state index in [1.54, 1.807) is 27.7 Å². The van der Waals surface area contributed by atoms with Crippen LogP contribution in [0.5, 0.6) is 0 Å². The van der Waals surface area contributed by atoms with Gasteiger partial charge in [0, 0.05) is 0 Å². The summed E-state index contributed by atoms with van der Waals surface area (Å²) in [5.41, 5.74) is 2.01. The molecule has 5 nitrogen and oxygen atoms in total. The number of carbonyl (C=O) groups is 1. The van der Waals surface area contributed by atoms with Crippen LogP contribution in [0.2, 0.25) is 0 Å². The molecule has 1 heterocycles. The SMILES string of the molecule is Cc1cc2nc(C)n(COC(=O)C(C)(C)C)c(=O)c2cc1C. The van der Waals surface area contributed by atoms with E-state index in [0.717, 1.165) is 11.1 Å². The first-order valence-corrected chi connectivity index (χ1v) is 7.27. The lowest BCUT2D eigenvalue weighted by molar-refractivity contribution is -0.157. The number of fused-ring (bicyclic) bond motifs is 1. The van der Waals surface area contributed by atoms with Crippen molar-refractivity contribution in [1.29, 1.82) is 0 Å². The number of aryl methyl sites for hydroxylation is 3. The molecule has 0 amide bonds. The van der Waals surface area contributed by atoms with Crippen LogP contribution in [0.15, 0.2) is 16.9 Å². The van der Waals surface area contributed by atoms with E-state index in [1.807, 2.05) is 26.0 Å². The van der Waals surface area contributed by atoms with Crippen LogP contribution in [0.3, 0.4) is 0 Å². The lowest BCUT2D eigenvalue weighted by Crippen LogP contribution is -2.29. The molecule has 1 aromatic carbocycles. The Morgan fingerprint density at radius 2 is 1.77 bits per heavy atom. The molecule has 0 bridgehead atoms. The van der Waals surface area contributed by atoms with Gasteiger partial charge in [0.25, 0.3) is 5.56 Å². The number of esters is 1. The van der Waals surface area contributed by atoms with Crippen LogP contribution >= 0.6 is 0 Å². The van der Waals surface area contributed by atoms with Gasteiger partial charge in [-0.2, -0.15) is 0 Å². The van der Waals surface area contributed by atoms with Gasteiger partial charge in [-0.05, 0) is 64.8 Å². The van der Waals surface area contributed by atoms with Crippen molar-refractivity contribution in [2.75, 3.05) is 0 Å². The van der Waals surface area contributed by atoms with Crippen molar-refractivity contribution in [1.82, 2.24) is 9.55 Å². The average molecular weight is 302 g/mol. The van der Waals surface area contributed by atoms with E-state index in [9.17, 15) is 9.59 Å². The standard InChI is InChI=1S/C17H22N2O3/c1-10-7-13-14(8-11(10)2)18-12(3)19(15(13)20)9-22-16(21)17(4,5)6/h7-8H,9H2,1-6H3. The number of nitrogens with zero attached hydrogens (tertiary/aromatic N) is 2. The first kappa shape index (κ1) is 16.2. The molecule has 0 spiro atoms. The normalized spacial score (nSPS) is 11.7. The van der Waals surface area contributed by atoms with Crippen molar-refractivity contribution >= 4 is 16.9 Å². The second-order valence-electron chi connectivity index (χ2n) is 6.66. The largest absolute Gasteiger partial charge is 0.443 e. The number of hydrogen-bond acceptors (Lipinski definition) is 4. The molecule has 2 aromatic rings. The maximum absolute atomic E-state index is 12.6. The van der Waals surface area contributed by atoms with Crippen LogP contribution in [-0.4, -0.2) is 15.5 Å². The van der Waals surface area contributed by atoms with Gasteiger partial charge in [0.2, 0.25) is 0 Å². The van der Waals surface area contributed by atoms with Crippen molar-refractivity contribution in [3.05, 3.63) is 39.4 Å². The molecule has 0 aliphatic carbocycles.